The Bertz CT molecular complexity index is 674. The van der Waals surface area contributed by atoms with E-state index in [1.165, 1.54) is 16.7 Å². The molecule has 1 heterocycles. The summed E-state index contributed by atoms with van der Waals surface area (Å²) in [5, 5.41) is 3.02. The van der Waals surface area contributed by atoms with E-state index < -0.39 is 0 Å². The molecular weight excluding hydrogens is 234 g/mol. The van der Waals surface area contributed by atoms with Crippen molar-refractivity contribution in [3.63, 3.8) is 0 Å². The highest BCUT2D eigenvalue weighted by molar-refractivity contribution is 6.09. The molecule has 2 aromatic rings. The number of nitrogens with one attached hydrogen (secondary N) is 1. The number of anilines is 1. The summed E-state index contributed by atoms with van der Waals surface area (Å²) in [6, 6.07) is 16.6. The van der Waals surface area contributed by atoms with Crippen molar-refractivity contribution in [1.82, 2.24) is 0 Å². The van der Waals surface area contributed by atoms with E-state index in [0.717, 1.165) is 12.1 Å². The van der Waals surface area contributed by atoms with E-state index in [-0.39, 0.29) is 11.3 Å². The Labute approximate surface area is 112 Å². The van der Waals surface area contributed by atoms with E-state index in [0.29, 0.717) is 5.92 Å². The second-order valence-corrected chi connectivity index (χ2v) is 5.64. The van der Waals surface area contributed by atoms with E-state index in [1.807, 2.05) is 18.2 Å². The fourth-order valence-electron chi connectivity index (χ4n) is 3.35. The monoisotopic (exact) mass is 249 g/mol. The standard InChI is InChI=1S/C17H15NO/c1-11-6-8-12(9-7-11)14-10-17(14)13-4-2-3-5-15(13)18-16(17)19/h2-9,14H,10H2,1H3,(H,18,19)/t14-,17-/m0/s1. The van der Waals surface area contributed by atoms with Crippen molar-refractivity contribution in [2.24, 2.45) is 0 Å². The van der Waals surface area contributed by atoms with Crippen molar-refractivity contribution in [3.8, 4) is 0 Å². The zero-order chi connectivity index (χ0) is 13.0. The van der Waals surface area contributed by atoms with Crippen molar-refractivity contribution >= 4 is 11.6 Å². The van der Waals surface area contributed by atoms with Crippen LogP contribution in [0.15, 0.2) is 48.5 Å². The van der Waals surface area contributed by atoms with E-state index >= 15 is 0 Å². The van der Waals surface area contributed by atoms with Crippen LogP contribution in [0.5, 0.6) is 0 Å². The number of aryl methyl sites for hydroxylation is 1. The molecule has 1 fully saturated rings. The van der Waals surface area contributed by atoms with Gasteiger partial charge in [0.1, 0.15) is 0 Å². The molecule has 1 saturated carbocycles. The Hall–Kier alpha value is -2.09. The maximum absolute atomic E-state index is 12.4. The highest BCUT2D eigenvalue weighted by Crippen LogP contribution is 2.64. The summed E-state index contributed by atoms with van der Waals surface area (Å²) in [7, 11) is 0. The molecule has 0 saturated heterocycles. The lowest BCUT2D eigenvalue weighted by Crippen LogP contribution is -2.20. The maximum Gasteiger partial charge on any atom is 0.235 e. The molecule has 0 bridgehead atoms. The number of para-hydroxylation sites is 1. The number of benzene rings is 2. The number of carbonyl (C=O) groups excluding carboxylic acids is 1. The van der Waals surface area contributed by atoms with Crippen LogP contribution in [0.4, 0.5) is 5.69 Å². The summed E-state index contributed by atoms with van der Waals surface area (Å²) in [5.74, 6) is 0.496. The molecule has 0 radical (unpaired) electrons. The van der Waals surface area contributed by atoms with Crippen molar-refractivity contribution in [3.05, 3.63) is 65.2 Å². The first-order chi connectivity index (χ1) is 9.22. The number of fused-ring (bicyclic) bond motifs is 2. The van der Waals surface area contributed by atoms with Crippen LogP contribution in [0.3, 0.4) is 0 Å². The lowest BCUT2D eigenvalue weighted by atomic mass is 9.92. The van der Waals surface area contributed by atoms with Crippen molar-refractivity contribution in [2.75, 3.05) is 5.32 Å². The molecule has 1 aliphatic carbocycles. The van der Waals surface area contributed by atoms with Crippen LogP contribution in [0.2, 0.25) is 0 Å². The van der Waals surface area contributed by atoms with Gasteiger partial charge in [0.15, 0.2) is 0 Å². The smallest absolute Gasteiger partial charge is 0.235 e. The molecule has 0 unspecified atom stereocenters. The minimum absolute atomic E-state index is 0.166. The molecule has 2 aliphatic rings. The van der Waals surface area contributed by atoms with Crippen molar-refractivity contribution in [2.45, 2.75) is 24.7 Å². The molecule has 4 rings (SSSR count). The number of hydrogen-bond acceptors (Lipinski definition) is 1. The average molecular weight is 249 g/mol. The van der Waals surface area contributed by atoms with E-state index in [1.54, 1.807) is 0 Å². The summed E-state index contributed by atoms with van der Waals surface area (Å²) in [6.45, 7) is 2.09. The highest BCUT2D eigenvalue weighted by atomic mass is 16.2. The summed E-state index contributed by atoms with van der Waals surface area (Å²) in [4.78, 5) is 12.4. The van der Waals surface area contributed by atoms with E-state index in [4.69, 9.17) is 0 Å². The lowest BCUT2D eigenvalue weighted by molar-refractivity contribution is -0.118. The molecule has 19 heavy (non-hydrogen) atoms. The third-order valence-electron chi connectivity index (χ3n) is 4.50. The Morgan fingerprint density at radius 3 is 2.63 bits per heavy atom. The minimum atomic E-state index is -0.300. The van der Waals surface area contributed by atoms with Crippen LogP contribution in [-0.2, 0) is 10.2 Å². The summed E-state index contributed by atoms with van der Waals surface area (Å²) >= 11 is 0. The molecule has 0 aromatic heterocycles. The zero-order valence-electron chi connectivity index (χ0n) is 10.8. The van der Waals surface area contributed by atoms with Crippen LogP contribution in [0.1, 0.15) is 29.0 Å². The zero-order valence-corrected chi connectivity index (χ0v) is 10.8. The predicted octanol–water partition coefficient (Wildman–Crippen LogP) is 3.37. The second kappa shape index (κ2) is 3.47. The van der Waals surface area contributed by atoms with Crippen LogP contribution in [-0.4, -0.2) is 5.91 Å². The van der Waals surface area contributed by atoms with Gasteiger partial charge in [0.05, 0.1) is 5.41 Å². The molecule has 2 nitrogen and oxygen atoms in total. The normalized spacial score (nSPS) is 27.2. The van der Waals surface area contributed by atoms with Crippen LogP contribution < -0.4 is 5.32 Å². The minimum Gasteiger partial charge on any atom is -0.325 e. The number of carbonyl (C=O) groups is 1. The molecular formula is C17H15NO. The first-order valence-corrected chi connectivity index (χ1v) is 6.69. The van der Waals surface area contributed by atoms with E-state index in [9.17, 15) is 4.79 Å². The first kappa shape index (κ1) is 10.8. The topological polar surface area (TPSA) is 29.1 Å². The van der Waals surface area contributed by atoms with Gasteiger partial charge in [0.2, 0.25) is 5.91 Å². The molecule has 2 atom stereocenters. The van der Waals surface area contributed by atoms with Crippen LogP contribution in [0.25, 0.3) is 0 Å². The maximum atomic E-state index is 12.4. The third-order valence-corrected chi connectivity index (χ3v) is 4.50. The first-order valence-electron chi connectivity index (χ1n) is 6.69. The average Bonchev–Trinajstić information content (AvgIpc) is 3.10. The van der Waals surface area contributed by atoms with Crippen molar-refractivity contribution < 1.29 is 4.79 Å². The number of amides is 1. The van der Waals surface area contributed by atoms with Gasteiger partial charge in [-0.3, -0.25) is 4.79 Å². The fourth-order valence-corrected chi connectivity index (χ4v) is 3.35. The Kier molecular flexibility index (Phi) is 1.97. The summed E-state index contributed by atoms with van der Waals surface area (Å²) in [5.41, 5.74) is 4.39. The largest absolute Gasteiger partial charge is 0.325 e. The Morgan fingerprint density at radius 1 is 1.11 bits per heavy atom. The summed E-state index contributed by atoms with van der Waals surface area (Å²) < 4.78 is 0. The molecule has 2 heteroatoms. The van der Waals surface area contributed by atoms with Gasteiger partial charge in [0.25, 0.3) is 0 Å². The van der Waals surface area contributed by atoms with E-state index in [2.05, 4.69) is 42.6 Å². The molecule has 1 spiro atoms. The van der Waals surface area contributed by atoms with Gasteiger partial charge in [-0.05, 0) is 30.5 Å². The molecule has 1 aliphatic heterocycles. The van der Waals surface area contributed by atoms with Gasteiger partial charge in [-0.25, -0.2) is 0 Å². The molecule has 1 N–H and O–H groups in total. The van der Waals surface area contributed by atoms with Gasteiger partial charge in [-0.15, -0.1) is 0 Å². The van der Waals surface area contributed by atoms with Gasteiger partial charge < -0.3 is 5.32 Å². The Balaban J connectivity index is 1.78. The lowest BCUT2D eigenvalue weighted by Gasteiger charge is -2.08. The third kappa shape index (κ3) is 1.34. The molecule has 1 amide bonds. The van der Waals surface area contributed by atoms with Gasteiger partial charge in [-0.1, -0.05) is 48.0 Å². The van der Waals surface area contributed by atoms with Crippen LogP contribution in [0, 0.1) is 6.92 Å². The fraction of sp³-hybridized carbons (Fsp3) is 0.235. The molecule has 94 valence electrons. The SMILES string of the molecule is Cc1ccc([C@@H]2C[C@@]23C(=O)Nc2ccccc23)cc1. The van der Waals surface area contributed by atoms with Gasteiger partial charge >= 0.3 is 0 Å². The second-order valence-electron chi connectivity index (χ2n) is 5.64. The van der Waals surface area contributed by atoms with Gasteiger partial charge in [-0.2, -0.15) is 0 Å². The summed E-state index contributed by atoms with van der Waals surface area (Å²) in [6.07, 6.45) is 0.929. The van der Waals surface area contributed by atoms with Crippen LogP contribution >= 0.6 is 0 Å². The quantitative estimate of drug-likeness (QED) is 0.824. The molecule has 2 aromatic carbocycles. The highest BCUT2D eigenvalue weighted by Gasteiger charge is 2.64. The Morgan fingerprint density at radius 2 is 1.84 bits per heavy atom. The van der Waals surface area contributed by atoms with Crippen molar-refractivity contribution in [1.29, 1.82) is 0 Å². The predicted molar refractivity (Wildman–Crippen MR) is 75.3 cm³/mol. The number of hydrogen-bond donors (Lipinski definition) is 1. The number of rotatable bonds is 1. The van der Waals surface area contributed by atoms with Gasteiger partial charge in [0, 0.05) is 11.6 Å².